The highest BCUT2D eigenvalue weighted by Crippen LogP contribution is 2.14. The molecule has 0 aliphatic carbocycles. The third kappa shape index (κ3) is 5.42. The lowest BCUT2D eigenvalue weighted by Crippen LogP contribution is -2.19. The molecule has 0 atom stereocenters. The molecule has 2 aromatic rings. The summed E-state index contributed by atoms with van der Waals surface area (Å²) in [6.07, 6.45) is 7.64. The van der Waals surface area contributed by atoms with Crippen LogP contribution >= 0.6 is 0 Å². The van der Waals surface area contributed by atoms with Gasteiger partial charge in [-0.3, -0.25) is 4.79 Å². The van der Waals surface area contributed by atoms with E-state index in [9.17, 15) is 4.79 Å². The molecule has 122 valence electrons. The van der Waals surface area contributed by atoms with Gasteiger partial charge in [0, 0.05) is 18.8 Å². The van der Waals surface area contributed by atoms with E-state index < -0.39 is 0 Å². The summed E-state index contributed by atoms with van der Waals surface area (Å²) in [6.45, 7) is 4.01. The summed E-state index contributed by atoms with van der Waals surface area (Å²) in [4.78, 5) is 12.0. The topological polar surface area (TPSA) is 57.2 Å². The van der Waals surface area contributed by atoms with Gasteiger partial charge in [-0.15, -0.1) is 0 Å². The van der Waals surface area contributed by atoms with Gasteiger partial charge in [0.1, 0.15) is 5.75 Å². The number of pyridine rings is 1. The highest BCUT2D eigenvalue weighted by molar-refractivity contribution is 5.69. The van der Waals surface area contributed by atoms with Gasteiger partial charge in [-0.05, 0) is 55.6 Å². The van der Waals surface area contributed by atoms with Crippen molar-refractivity contribution in [1.82, 2.24) is 4.57 Å². The van der Waals surface area contributed by atoms with Crippen LogP contribution in [-0.2, 0) is 6.54 Å². The van der Waals surface area contributed by atoms with Gasteiger partial charge in [-0.1, -0.05) is 24.3 Å². The van der Waals surface area contributed by atoms with E-state index in [1.54, 1.807) is 10.6 Å². The van der Waals surface area contributed by atoms with E-state index in [1.165, 1.54) is 0 Å². The Morgan fingerprint density at radius 2 is 1.83 bits per heavy atom. The SMILES string of the molecule is CCOc1ccc(/C=C/c2ccn(CCCCN)c(=O)c2)cc1. The van der Waals surface area contributed by atoms with Crippen molar-refractivity contribution in [2.75, 3.05) is 13.2 Å². The quantitative estimate of drug-likeness (QED) is 0.762. The van der Waals surface area contributed by atoms with E-state index in [1.807, 2.05) is 55.6 Å². The summed E-state index contributed by atoms with van der Waals surface area (Å²) >= 11 is 0. The largest absolute Gasteiger partial charge is 0.494 e. The van der Waals surface area contributed by atoms with Crippen LogP contribution in [0.15, 0.2) is 47.4 Å². The first-order chi connectivity index (χ1) is 11.2. The zero-order valence-corrected chi connectivity index (χ0v) is 13.6. The van der Waals surface area contributed by atoms with Crippen LogP contribution in [0.3, 0.4) is 0 Å². The molecule has 4 nitrogen and oxygen atoms in total. The fourth-order valence-corrected chi connectivity index (χ4v) is 2.27. The maximum Gasteiger partial charge on any atom is 0.251 e. The first-order valence-corrected chi connectivity index (χ1v) is 8.04. The molecule has 1 aromatic heterocycles. The molecule has 1 aromatic carbocycles. The predicted octanol–water partition coefficient (Wildman–Crippen LogP) is 3.16. The summed E-state index contributed by atoms with van der Waals surface area (Å²) in [5, 5.41) is 0. The lowest BCUT2D eigenvalue weighted by atomic mass is 10.1. The number of hydrogen-bond acceptors (Lipinski definition) is 3. The third-order valence-corrected chi connectivity index (χ3v) is 3.53. The highest BCUT2D eigenvalue weighted by atomic mass is 16.5. The number of hydrogen-bond donors (Lipinski definition) is 1. The van der Waals surface area contributed by atoms with Crippen LogP contribution < -0.4 is 16.0 Å². The van der Waals surface area contributed by atoms with E-state index in [2.05, 4.69) is 0 Å². The van der Waals surface area contributed by atoms with E-state index in [0.717, 1.165) is 36.3 Å². The second-order valence-corrected chi connectivity index (χ2v) is 5.32. The minimum Gasteiger partial charge on any atom is -0.494 e. The lowest BCUT2D eigenvalue weighted by Gasteiger charge is -2.05. The van der Waals surface area contributed by atoms with Gasteiger partial charge >= 0.3 is 0 Å². The Labute approximate surface area is 137 Å². The van der Waals surface area contributed by atoms with Crippen molar-refractivity contribution in [3.05, 3.63) is 64.1 Å². The number of nitrogens with two attached hydrogens (primary N) is 1. The summed E-state index contributed by atoms with van der Waals surface area (Å²) in [7, 11) is 0. The van der Waals surface area contributed by atoms with Crippen LogP contribution in [0.2, 0.25) is 0 Å². The molecule has 0 amide bonds. The van der Waals surface area contributed by atoms with Gasteiger partial charge in [0.25, 0.3) is 5.56 Å². The van der Waals surface area contributed by atoms with E-state index in [4.69, 9.17) is 10.5 Å². The monoisotopic (exact) mass is 312 g/mol. The van der Waals surface area contributed by atoms with E-state index in [0.29, 0.717) is 13.2 Å². The van der Waals surface area contributed by atoms with Gasteiger partial charge in [-0.2, -0.15) is 0 Å². The van der Waals surface area contributed by atoms with Crippen molar-refractivity contribution in [2.24, 2.45) is 5.73 Å². The molecular weight excluding hydrogens is 288 g/mol. The molecule has 1 heterocycles. The number of aromatic nitrogens is 1. The fraction of sp³-hybridized carbons (Fsp3) is 0.316. The van der Waals surface area contributed by atoms with Crippen LogP contribution in [0.5, 0.6) is 5.75 Å². The van der Waals surface area contributed by atoms with Gasteiger partial charge in [0.2, 0.25) is 0 Å². The van der Waals surface area contributed by atoms with Crippen molar-refractivity contribution in [3.63, 3.8) is 0 Å². The molecule has 0 unspecified atom stereocenters. The van der Waals surface area contributed by atoms with E-state index in [-0.39, 0.29) is 5.56 Å². The second kappa shape index (κ2) is 8.96. The second-order valence-electron chi connectivity index (χ2n) is 5.32. The highest BCUT2D eigenvalue weighted by Gasteiger charge is 1.97. The van der Waals surface area contributed by atoms with Gasteiger partial charge in [0.15, 0.2) is 0 Å². The maximum atomic E-state index is 12.0. The molecular formula is C19H24N2O2. The van der Waals surface area contributed by atoms with Crippen LogP contribution in [0.4, 0.5) is 0 Å². The Balaban J connectivity index is 2.01. The average molecular weight is 312 g/mol. The number of aryl methyl sites for hydroxylation is 1. The Hall–Kier alpha value is -2.33. The van der Waals surface area contributed by atoms with Crippen LogP contribution in [0, 0.1) is 0 Å². The van der Waals surface area contributed by atoms with Gasteiger partial charge < -0.3 is 15.0 Å². The Morgan fingerprint density at radius 1 is 1.09 bits per heavy atom. The first-order valence-electron chi connectivity index (χ1n) is 8.04. The zero-order valence-electron chi connectivity index (χ0n) is 13.6. The standard InChI is InChI=1S/C19H24N2O2/c1-2-23-18-9-7-16(8-10-18)5-6-17-11-14-21(19(22)15-17)13-4-3-12-20/h5-11,14-15H,2-4,12-13,20H2,1H3/b6-5+. The number of nitrogens with zero attached hydrogens (tertiary/aromatic N) is 1. The maximum absolute atomic E-state index is 12.0. The molecule has 0 saturated carbocycles. The number of rotatable bonds is 8. The zero-order chi connectivity index (χ0) is 16.5. The minimum atomic E-state index is 0.0239. The van der Waals surface area contributed by atoms with Crippen molar-refractivity contribution in [1.29, 1.82) is 0 Å². The molecule has 0 radical (unpaired) electrons. The summed E-state index contributed by atoms with van der Waals surface area (Å²) in [6, 6.07) is 11.5. The lowest BCUT2D eigenvalue weighted by molar-refractivity contribution is 0.340. The molecule has 0 fully saturated rings. The smallest absolute Gasteiger partial charge is 0.251 e. The normalized spacial score (nSPS) is 11.0. The average Bonchev–Trinajstić information content (AvgIpc) is 2.56. The molecule has 0 aliphatic rings. The Morgan fingerprint density at radius 3 is 2.48 bits per heavy atom. The van der Waals surface area contributed by atoms with Crippen LogP contribution in [0.25, 0.3) is 12.2 Å². The third-order valence-electron chi connectivity index (χ3n) is 3.53. The van der Waals surface area contributed by atoms with Crippen molar-refractivity contribution >= 4 is 12.2 Å². The molecule has 0 spiro atoms. The summed E-state index contributed by atoms with van der Waals surface area (Å²) in [5.74, 6) is 0.865. The van der Waals surface area contributed by atoms with Crippen molar-refractivity contribution in [3.8, 4) is 5.75 Å². The number of benzene rings is 1. The molecule has 0 saturated heterocycles. The Kier molecular flexibility index (Phi) is 6.63. The van der Waals surface area contributed by atoms with Crippen molar-refractivity contribution < 1.29 is 4.74 Å². The minimum absolute atomic E-state index is 0.0239. The molecule has 23 heavy (non-hydrogen) atoms. The number of unbranched alkanes of at least 4 members (excludes halogenated alkanes) is 1. The molecule has 2 N–H and O–H groups in total. The number of ether oxygens (including phenoxy) is 1. The predicted molar refractivity (Wildman–Crippen MR) is 95.5 cm³/mol. The van der Waals surface area contributed by atoms with Crippen molar-refractivity contribution in [2.45, 2.75) is 26.3 Å². The summed E-state index contributed by atoms with van der Waals surface area (Å²) in [5.41, 5.74) is 7.47. The first kappa shape index (κ1) is 17.0. The van der Waals surface area contributed by atoms with Gasteiger partial charge in [0.05, 0.1) is 6.61 Å². The molecule has 4 heteroatoms. The van der Waals surface area contributed by atoms with E-state index >= 15 is 0 Å². The van der Waals surface area contributed by atoms with Gasteiger partial charge in [-0.25, -0.2) is 0 Å². The van der Waals surface area contributed by atoms with Crippen LogP contribution in [0.1, 0.15) is 30.9 Å². The van der Waals surface area contributed by atoms with Crippen LogP contribution in [-0.4, -0.2) is 17.7 Å². The summed E-state index contributed by atoms with van der Waals surface area (Å²) < 4.78 is 7.14. The molecule has 0 bridgehead atoms. The fourth-order valence-electron chi connectivity index (χ4n) is 2.27. The molecule has 2 rings (SSSR count). The Bertz CT molecular complexity index is 687. The molecule has 0 aliphatic heterocycles.